The van der Waals surface area contributed by atoms with Gasteiger partial charge in [0.25, 0.3) is 0 Å². The second-order valence-electron chi connectivity index (χ2n) is 5.28. The summed E-state index contributed by atoms with van der Waals surface area (Å²) in [6.45, 7) is 0. The van der Waals surface area contributed by atoms with Gasteiger partial charge in [-0.3, -0.25) is 4.79 Å². The third-order valence-corrected chi connectivity index (χ3v) is 3.82. The topological polar surface area (TPSA) is 66.0 Å². The molecule has 4 rings (SSSR count). The SMILES string of the molecule is O=C(c1cnc2[nH]c3ccccc3c2c1)c1cc(F)ccc1O. The number of para-hydroxylation sites is 1. The van der Waals surface area contributed by atoms with E-state index in [-0.39, 0.29) is 11.3 Å². The molecular formula is C18H11FN2O2. The minimum Gasteiger partial charge on any atom is -0.507 e. The average molecular weight is 306 g/mol. The Balaban J connectivity index is 1.90. The highest BCUT2D eigenvalue weighted by Gasteiger charge is 2.16. The molecule has 0 aliphatic heterocycles. The van der Waals surface area contributed by atoms with Gasteiger partial charge in [-0.05, 0) is 30.3 Å². The van der Waals surface area contributed by atoms with Crippen molar-refractivity contribution >= 4 is 27.7 Å². The zero-order valence-electron chi connectivity index (χ0n) is 11.9. The van der Waals surface area contributed by atoms with Crippen LogP contribution in [-0.4, -0.2) is 20.9 Å². The Morgan fingerprint density at radius 3 is 2.78 bits per heavy atom. The van der Waals surface area contributed by atoms with E-state index < -0.39 is 11.6 Å². The molecule has 0 saturated carbocycles. The van der Waals surface area contributed by atoms with Crippen molar-refractivity contribution in [2.45, 2.75) is 0 Å². The second-order valence-corrected chi connectivity index (χ2v) is 5.28. The summed E-state index contributed by atoms with van der Waals surface area (Å²) in [5.74, 6) is -1.30. The Hall–Kier alpha value is -3.21. The lowest BCUT2D eigenvalue weighted by Crippen LogP contribution is -2.03. The Labute approximate surface area is 130 Å². The molecule has 0 atom stereocenters. The van der Waals surface area contributed by atoms with Gasteiger partial charge in [-0.2, -0.15) is 0 Å². The molecule has 2 N–H and O–H groups in total. The number of benzene rings is 2. The average Bonchev–Trinajstić information content (AvgIpc) is 2.94. The summed E-state index contributed by atoms with van der Waals surface area (Å²) in [5, 5.41) is 11.6. The van der Waals surface area contributed by atoms with Gasteiger partial charge < -0.3 is 10.1 Å². The maximum atomic E-state index is 13.4. The lowest BCUT2D eigenvalue weighted by molar-refractivity contribution is 0.103. The van der Waals surface area contributed by atoms with Crippen molar-refractivity contribution in [3.05, 3.63) is 71.7 Å². The Bertz CT molecular complexity index is 1070. The van der Waals surface area contributed by atoms with E-state index in [0.29, 0.717) is 11.2 Å². The fourth-order valence-electron chi connectivity index (χ4n) is 2.69. The van der Waals surface area contributed by atoms with Gasteiger partial charge in [0.05, 0.1) is 5.56 Å². The van der Waals surface area contributed by atoms with Crippen LogP contribution in [0.15, 0.2) is 54.7 Å². The number of aromatic hydroxyl groups is 1. The number of pyridine rings is 1. The van der Waals surface area contributed by atoms with E-state index in [9.17, 15) is 14.3 Å². The van der Waals surface area contributed by atoms with Crippen molar-refractivity contribution in [1.82, 2.24) is 9.97 Å². The van der Waals surface area contributed by atoms with Crippen molar-refractivity contribution in [1.29, 1.82) is 0 Å². The van der Waals surface area contributed by atoms with Crippen LogP contribution in [-0.2, 0) is 0 Å². The first-order valence-corrected chi connectivity index (χ1v) is 7.03. The van der Waals surface area contributed by atoms with Crippen LogP contribution in [0.1, 0.15) is 15.9 Å². The molecule has 0 aliphatic rings. The number of phenols is 1. The van der Waals surface area contributed by atoms with Crippen molar-refractivity contribution in [2.75, 3.05) is 0 Å². The van der Waals surface area contributed by atoms with E-state index in [1.165, 1.54) is 12.3 Å². The largest absolute Gasteiger partial charge is 0.507 e. The van der Waals surface area contributed by atoms with Crippen LogP contribution in [0, 0.1) is 5.82 Å². The molecular weight excluding hydrogens is 295 g/mol. The van der Waals surface area contributed by atoms with Gasteiger partial charge in [0.2, 0.25) is 0 Å². The summed E-state index contributed by atoms with van der Waals surface area (Å²) >= 11 is 0. The molecule has 0 aliphatic carbocycles. The lowest BCUT2D eigenvalue weighted by atomic mass is 10.0. The molecule has 0 bridgehead atoms. The summed E-state index contributed by atoms with van der Waals surface area (Å²) in [5.41, 5.74) is 1.81. The fourth-order valence-corrected chi connectivity index (χ4v) is 2.69. The van der Waals surface area contributed by atoms with Crippen molar-refractivity contribution in [3.63, 3.8) is 0 Å². The third-order valence-electron chi connectivity index (χ3n) is 3.82. The number of carbonyl (C=O) groups is 1. The molecule has 4 aromatic rings. The molecule has 2 heterocycles. The number of fused-ring (bicyclic) bond motifs is 3. The molecule has 5 heteroatoms. The zero-order valence-corrected chi connectivity index (χ0v) is 11.9. The number of halogens is 1. The lowest BCUT2D eigenvalue weighted by Gasteiger charge is -2.04. The highest BCUT2D eigenvalue weighted by molar-refractivity contribution is 6.14. The number of rotatable bonds is 2. The van der Waals surface area contributed by atoms with Crippen LogP contribution in [0.2, 0.25) is 0 Å². The van der Waals surface area contributed by atoms with Crippen molar-refractivity contribution in [3.8, 4) is 5.75 Å². The molecule has 0 saturated heterocycles. The number of carbonyl (C=O) groups excluding carboxylic acids is 1. The maximum absolute atomic E-state index is 13.4. The van der Waals surface area contributed by atoms with E-state index >= 15 is 0 Å². The molecule has 0 unspecified atom stereocenters. The molecule has 0 radical (unpaired) electrons. The number of H-pyrrole nitrogens is 1. The number of nitrogens with zero attached hydrogens (tertiary/aromatic N) is 1. The minimum atomic E-state index is -0.577. The number of ketones is 1. The van der Waals surface area contributed by atoms with Crippen LogP contribution in [0.5, 0.6) is 5.75 Å². The van der Waals surface area contributed by atoms with Gasteiger partial charge in [-0.1, -0.05) is 18.2 Å². The Morgan fingerprint density at radius 2 is 1.91 bits per heavy atom. The van der Waals surface area contributed by atoms with Crippen LogP contribution >= 0.6 is 0 Å². The van der Waals surface area contributed by atoms with Crippen LogP contribution in [0.25, 0.3) is 21.9 Å². The Kier molecular flexibility index (Phi) is 2.87. The molecule has 0 fully saturated rings. The highest BCUT2D eigenvalue weighted by atomic mass is 19.1. The van der Waals surface area contributed by atoms with E-state index in [1.54, 1.807) is 6.07 Å². The highest BCUT2D eigenvalue weighted by Crippen LogP contribution is 2.27. The predicted octanol–water partition coefficient (Wildman–Crippen LogP) is 3.79. The number of nitrogens with one attached hydrogen (secondary N) is 1. The normalized spacial score (nSPS) is 11.2. The number of aromatic amines is 1. The molecule has 23 heavy (non-hydrogen) atoms. The van der Waals surface area contributed by atoms with Crippen LogP contribution < -0.4 is 0 Å². The number of phenolic OH excluding ortho intramolecular Hbond substituents is 1. The van der Waals surface area contributed by atoms with Gasteiger partial charge in [-0.15, -0.1) is 0 Å². The molecule has 0 spiro atoms. The van der Waals surface area contributed by atoms with Gasteiger partial charge in [0.1, 0.15) is 17.2 Å². The quantitative estimate of drug-likeness (QED) is 0.554. The molecule has 0 amide bonds. The van der Waals surface area contributed by atoms with Gasteiger partial charge >= 0.3 is 0 Å². The summed E-state index contributed by atoms with van der Waals surface area (Å²) in [6, 6.07) is 12.7. The molecule has 4 nitrogen and oxygen atoms in total. The number of hydrogen-bond donors (Lipinski definition) is 2. The van der Waals surface area contributed by atoms with Gasteiger partial charge in [-0.25, -0.2) is 9.37 Å². The summed E-state index contributed by atoms with van der Waals surface area (Å²) in [6.07, 6.45) is 1.42. The predicted molar refractivity (Wildman–Crippen MR) is 85.1 cm³/mol. The standard InChI is InChI=1S/C18H11FN2O2/c19-11-5-6-16(22)14(8-11)17(23)10-7-13-12-3-1-2-4-15(12)21-18(13)20-9-10/h1-9,22H,(H,20,21). The van der Waals surface area contributed by atoms with E-state index in [4.69, 9.17) is 0 Å². The smallest absolute Gasteiger partial charge is 0.198 e. The molecule has 112 valence electrons. The maximum Gasteiger partial charge on any atom is 0.198 e. The van der Waals surface area contributed by atoms with Crippen molar-refractivity contribution in [2.24, 2.45) is 0 Å². The molecule has 2 aromatic heterocycles. The van der Waals surface area contributed by atoms with Crippen LogP contribution in [0.3, 0.4) is 0 Å². The summed E-state index contributed by atoms with van der Waals surface area (Å²) in [4.78, 5) is 20.0. The monoisotopic (exact) mass is 306 g/mol. The first-order chi connectivity index (χ1) is 11.1. The zero-order chi connectivity index (χ0) is 16.0. The van der Waals surface area contributed by atoms with E-state index in [2.05, 4.69) is 9.97 Å². The fraction of sp³-hybridized carbons (Fsp3) is 0. The number of hydrogen-bond acceptors (Lipinski definition) is 3. The minimum absolute atomic E-state index is 0.0778. The van der Waals surface area contributed by atoms with Gasteiger partial charge in [0.15, 0.2) is 5.78 Å². The van der Waals surface area contributed by atoms with Crippen molar-refractivity contribution < 1.29 is 14.3 Å². The summed E-state index contributed by atoms with van der Waals surface area (Å²) in [7, 11) is 0. The first-order valence-electron chi connectivity index (χ1n) is 7.03. The van der Waals surface area contributed by atoms with Gasteiger partial charge in [0, 0.05) is 28.0 Å². The Morgan fingerprint density at radius 1 is 1.09 bits per heavy atom. The second kappa shape index (κ2) is 4.91. The third kappa shape index (κ3) is 2.14. The summed E-state index contributed by atoms with van der Waals surface area (Å²) < 4.78 is 13.4. The van der Waals surface area contributed by atoms with Crippen LogP contribution in [0.4, 0.5) is 4.39 Å². The first kappa shape index (κ1) is 13.5. The molecule has 2 aromatic carbocycles. The van der Waals surface area contributed by atoms with E-state index in [0.717, 1.165) is 28.4 Å². The number of aromatic nitrogens is 2. The van der Waals surface area contributed by atoms with E-state index in [1.807, 2.05) is 24.3 Å².